The third kappa shape index (κ3) is 4.55. The standard InChI is InChI=1S/C22H27NS/c1-5-10-19(11-6-2)20-14-22(23-4)21(17(20)3)16-24-15-18-12-8-7-9-13-18/h5-13,20,23H,1,3,14-16H2,2,4H3/b11-6-,19-10+. The zero-order valence-corrected chi connectivity index (χ0v) is 15.5. The molecule has 0 aromatic heterocycles. The Hall–Kier alpha value is -1.93. The summed E-state index contributed by atoms with van der Waals surface area (Å²) in [6.45, 7) is 10.3. The van der Waals surface area contributed by atoms with Gasteiger partial charge in [-0.2, -0.15) is 11.8 Å². The predicted octanol–water partition coefficient (Wildman–Crippen LogP) is 5.66. The number of nitrogens with one attached hydrogen (secondary N) is 1. The molecule has 1 aliphatic carbocycles. The molecule has 0 amide bonds. The molecule has 1 aromatic rings. The lowest BCUT2D eigenvalue weighted by Gasteiger charge is -2.15. The van der Waals surface area contributed by atoms with Crippen molar-refractivity contribution < 1.29 is 0 Å². The first kappa shape index (κ1) is 18.4. The Bertz CT molecular complexity index is 664. The van der Waals surface area contributed by atoms with Crippen molar-refractivity contribution in [3.05, 3.63) is 95.8 Å². The molecule has 0 fully saturated rings. The molecule has 1 nitrogen and oxygen atoms in total. The quantitative estimate of drug-likeness (QED) is 0.614. The first-order chi connectivity index (χ1) is 11.7. The van der Waals surface area contributed by atoms with Crippen molar-refractivity contribution in [2.24, 2.45) is 5.92 Å². The second-order valence-electron chi connectivity index (χ2n) is 5.87. The minimum atomic E-state index is 0.356. The number of hydrogen-bond acceptors (Lipinski definition) is 2. The first-order valence-electron chi connectivity index (χ1n) is 8.37. The third-order valence-electron chi connectivity index (χ3n) is 4.31. The molecule has 1 atom stereocenters. The smallest absolute Gasteiger partial charge is 0.0207 e. The van der Waals surface area contributed by atoms with E-state index in [1.807, 2.05) is 24.9 Å². The molecule has 0 saturated carbocycles. The maximum atomic E-state index is 4.41. The molecule has 1 aliphatic rings. The summed E-state index contributed by atoms with van der Waals surface area (Å²) in [5.41, 5.74) is 6.60. The Balaban J connectivity index is 2.06. The maximum Gasteiger partial charge on any atom is 0.0207 e. The van der Waals surface area contributed by atoms with E-state index >= 15 is 0 Å². The fourth-order valence-corrected chi connectivity index (χ4v) is 4.16. The first-order valence-corrected chi connectivity index (χ1v) is 9.52. The highest BCUT2D eigenvalue weighted by molar-refractivity contribution is 7.98. The number of hydrogen-bond donors (Lipinski definition) is 1. The Morgan fingerprint density at radius 2 is 2.04 bits per heavy atom. The summed E-state index contributed by atoms with van der Waals surface area (Å²) in [5.74, 6) is 2.38. The van der Waals surface area contributed by atoms with Crippen LogP contribution in [0.1, 0.15) is 18.9 Å². The van der Waals surface area contributed by atoms with E-state index in [1.165, 1.54) is 28.0 Å². The molecule has 1 unspecified atom stereocenters. The van der Waals surface area contributed by atoms with Crippen LogP contribution in [0.5, 0.6) is 0 Å². The molecule has 24 heavy (non-hydrogen) atoms. The lowest BCUT2D eigenvalue weighted by atomic mass is 9.91. The van der Waals surface area contributed by atoms with Gasteiger partial charge in [0, 0.05) is 30.2 Å². The van der Waals surface area contributed by atoms with Crippen molar-refractivity contribution in [2.75, 3.05) is 12.8 Å². The molecular weight excluding hydrogens is 310 g/mol. The Morgan fingerprint density at radius 3 is 2.67 bits per heavy atom. The lowest BCUT2D eigenvalue weighted by molar-refractivity contribution is 0.739. The van der Waals surface area contributed by atoms with Crippen molar-refractivity contribution in [3.8, 4) is 0 Å². The van der Waals surface area contributed by atoms with Crippen molar-refractivity contribution in [2.45, 2.75) is 19.1 Å². The normalized spacial score (nSPS) is 18.5. The number of benzene rings is 1. The monoisotopic (exact) mass is 337 g/mol. The molecule has 126 valence electrons. The molecule has 1 aromatic carbocycles. The Kier molecular flexibility index (Phi) is 7.20. The molecule has 0 aliphatic heterocycles. The van der Waals surface area contributed by atoms with E-state index in [2.05, 4.69) is 74.0 Å². The van der Waals surface area contributed by atoms with E-state index in [9.17, 15) is 0 Å². The number of allylic oxidation sites excluding steroid dienone is 7. The molecule has 2 heteroatoms. The van der Waals surface area contributed by atoms with Gasteiger partial charge in [-0.05, 0) is 35.6 Å². The molecule has 0 bridgehead atoms. The van der Waals surface area contributed by atoms with Crippen LogP contribution >= 0.6 is 11.8 Å². The van der Waals surface area contributed by atoms with Crippen LogP contribution in [-0.4, -0.2) is 12.8 Å². The highest BCUT2D eigenvalue weighted by atomic mass is 32.2. The van der Waals surface area contributed by atoms with Crippen LogP contribution < -0.4 is 5.32 Å². The fourth-order valence-electron chi connectivity index (χ4n) is 3.07. The van der Waals surface area contributed by atoms with E-state index in [0.717, 1.165) is 17.9 Å². The van der Waals surface area contributed by atoms with Gasteiger partial charge in [0.05, 0.1) is 0 Å². The minimum Gasteiger partial charge on any atom is -0.391 e. The van der Waals surface area contributed by atoms with E-state index in [-0.39, 0.29) is 0 Å². The number of rotatable bonds is 8. The predicted molar refractivity (Wildman–Crippen MR) is 109 cm³/mol. The number of thioether (sulfide) groups is 1. The largest absolute Gasteiger partial charge is 0.391 e. The summed E-state index contributed by atoms with van der Waals surface area (Å²) in [6.07, 6.45) is 9.22. The average molecular weight is 338 g/mol. The van der Waals surface area contributed by atoms with Crippen molar-refractivity contribution >= 4 is 11.8 Å². The molecular formula is C22H27NS. The van der Waals surface area contributed by atoms with Gasteiger partial charge in [-0.25, -0.2) is 0 Å². The summed E-state index contributed by atoms with van der Waals surface area (Å²) in [5, 5.41) is 3.39. The van der Waals surface area contributed by atoms with Gasteiger partial charge in [-0.15, -0.1) is 0 Å². The molecule has 0 radical (unpaired) electrons. The van der Waals surface area contributed by atoms with Crippen LogP contribution in [0.2, 0.25) is 0 Å². The van der Waals surface area contributed by atoms with Crippen molar-refractivity contribution in [3.63, 3.8) is 0 Å². The molecule has 1 N–H and O–H groups in total. The van der Waals surface area contributed by atoms with E-state index < -0.39 is 0 Å². The van der Waals surface area contributed by atoms with E-state index in [4.69, 9.17) is 0 Å². The summed E-state index contributed by atoms with van der Waals surface area (Å²) < 4.78 is 0. The zero-order chi connectivity index (χ0) is 17.4. The Morgan fingerprint density at radius 1 is 1.29 bits per heavy atom. The highest BCUT2D eigenvalue weighted by Crippen LogP contribution is 2.40. The topological polar surface area (TPSA) is 12.0 Å². The maximum absolute atomic E-state index is 4.41. The summed E-state index contributed by atoms with van der Waals surface area (Å²) >= 11 is 1.95. The van der Waals surface area contributed by atoms with Gasteiger partial charge in [0.1, 0.15) is 0 Å². The van der Waals surface area contributed by atoms with Crippen LogP contribution in [0.4, 0.5) is 0 Å². The summed E-state index contributed by atoms with van der Waals surface area (Å²) in [7, 11) is 2.01. The van der Waals surface area contributed by atoms with Gasteiger partial charge < -0.3 is 5.32 Å². The molecule has 0 saturated heterocycles. The molecule has 0 spiro atoms. The lowest BCUT2D eigenvalue weighted by Crippen LogP contribution is -2.07. The average Bonchev–Trinajstić information content (AvgIpc) is 2.92. The van der Waals surface area contributed by atoms with Crippen molar-refractivity contribution in [1.29, 1.82) is 0 Å². The Labute approximate surface area is 150 Å². The third-order valence-corrected chi connectivity index (χ3v) is 5.34. The SMILES string of the molecule is C=C/C=C(\C=C/C)C1CC(NC)=C(CSCc2ccccc2)C1=C. The van der Waals surface area contributed by atoms with Crippen LogP contribution in [0.3, 0.4) is 0 Å². The van der Waals surface area contributed by atoms with Gasteiger partial charge in [0.2, 0.25) is 0 Å². The van der Waals surface area contributed by atoms with E-state index in [0.29, 0.717) is 5.92 Å². The van der Waals surface area contributed by atoms with Crippen LogP contribution in [0.15, 0.2) is 90.2 Å². The second-order valence-corrected chi connectivity index (χ2v) is 6.86. The van der Waals surface area contributed by atoms with Crippen LogP contribution in [0, 0.1) is 5.92 Å². The summed E-state index contributed by atoms with van der Waals surface area (Å²) in [4.78, 5) is 0. The van der Waals surface area contributed by atoms with Crippen molar-refractivity contribution in [1.82, 2.24) is 5.32 Å². The second kappa shape index (κ2) is 9.39. The van der Waals surface area contributed by atoms with Gasteiger partial charge in [-0.1, -0.05) is 67.8 Å². The van der Waals surface area contributed by atoms with E-state index in [1.54, 1.807) is 0 Å². The van der Waals surface area contributed by atoms with Crippen LogP contribution in [-0.2, 0) is 5.75 Å². The fraction of sp³-hybridized carbons (Fsp3) is 0.273. The molecule has 0 heterocycles. The van der Waals surface area contributed by atoms with Gasteiger partial charge in [-0.3, -0.25) is 0 Å². The highest BCUT2D eigenvalue weighted by Gasteiger charge is 2.28. The summed E-state index contributed by atoms with van der Waals surface area (Å²) in [6, 6.07) is 10.6. The minimum absolute atomic E-state index is 0.356. The zero-order valence-electron chi connectivity index (χ0n) is 14.7. The molecule has 2 rings (SSSR count). The van der Waals surface area contributed by atoms with Crippen LogP contribution in [0.25, 0.3) is 0 Å². The van der Waals surface area contributed by atoms with Gasteiger partial charge in [0.15, 0.2) is 0 Å². The van der Waals surface area contributed by atoms with Gasteiger partial charge in [0.25, 0.3) is 0 Å². The van der Waals surface area contributed by atoms with Gasteiger partial charge >= 0.3 is 0 Å².